The zero-order valence-electron chi connectivity index (χ0n) is 20.4. The zero-order chi connectivity index (χ0) is 24.5. The topological polar surface area (TPSA) is 99.3 Å². The van der Waals surface area contributed by atoms with Crippen molar-refractivity contribution in [3.63, 3.8) is 0 Å². The Labute approximate surface area is 204 Å². The van der Waals surface area contributed by atoms with E-state index in [0.717, 1.165) is 44.5 Å². The summed E-state index contributed by atoms with van der Waals surface area (Å²) >= 11 is 0. The minimum atomic E-state index is -3.56. The van der Waals surface area contributed by atoms with E-state index in [9.17, 15) is 16.8 Å². The summed E-state index contributed by atoms with van der Waals surface area (Å²) in [5.74, 6) is 1.17. The molecule has 1 aromatic carbocycles. The molecule has 0 bridgehead atoms. The van der Waals surface area contributed by atoms with E-state index in [1.165, 1.54) is 22.5 Å². The molecule has 0 aliphatic carbocycles. The molecule has 11 heteroatoms. The quantitative estimate of drug-likeness (QED) is 0.537. The fraction of sp³-hybridized carbons (Fsp3) is 0.739. The molecule has 192 valence electrons. The fourth-order valence-corrected chi connectivity index (χ4v) is 8.62. The Kier molecular flexibility index (Phi) is 7.90. The average Bonchev–Trinajstić information content (AvgIpc) is 2.81. The minimum Gasteiger partial charge on any atom is -0.497 e. The number of rotatable bonds is 9. The molecule has 3 aliphatic rings. The van der Waals surface area contributed by atoms with E-state index >= 15 is 0 Å². The van der Waals surface area contributed by atoms with E-state index < -0.39 is 20.2 Å². The molecule has 3 atom stereocenters. The number of nitrogens with one attached hydrogen (secondary N) is 1. The van der Waals surface area contributed by atoms with Crippen molar-refractivity contribution < 1.29 is 21.6 Å². The average molecular weight is 515 g/mol. The maximum atomic E-state index is 13.4. The maximum absolute atomic E-state index is 13.4. The molecule has 34 heavy (non-hydrogen) atoms. The number of hydrogen-bond acceptors (Lipinski definition) is 6. The number of sulfonamides is 1. The summed E-state index contributed by atoms with van der Waals surface area (Å²) in [5, 5.41) is 0. The summed E-state index contributed by atoms with van der Waals surface area (Å²) < 4.78 is 61.8. The van der Waals surface area contributed by atoms with E-state index in [1.54, 1.807) is 18.3 Å². The van der Waals surface area contributed by atoms with Gasteiger partial charge in [0.05, 0.1) is 12.9 Å². The molecule has 4 rings (SSSR count). The van der Waals surface area contributed by atoms with Gasteiger partial charge in [-0.25, -0.2) is 13.1 Å². The van der Waals surface area contributed by atoms with Crippen LogP contribution >= 0.6 is 0 Å². The van der Waals surface area contributed by atoms with E-state index in [0.29, 0.717) is 19.0 Å². The molecule has 2 saturated heterocycles. The number of hydrogen-bond donors (Lipinski definition) is 1. The molecule has 9 nitrogen and oxygen atoms in total. The van der Waals surface area contributed by atoms with E-state index in [2.05, 4.69) is 21.8 Å². The highest BCUT2D eigenvalue weighted by atomic mass is 32.2. The van der Waals surface area contributed by atoms with Crippen molar-refractivity contribution in [2.24, 2.45) is 5.92 Å². The van der Waals surface area contributed by atoms with Crippen molar-refractivity contribution in [3.8, 4) is 5.75 Å². The van der Waals surface area contributed by atoms with Gasteiger partial charge in [0.15, 0.2) is 0 Å². The van der Waals surface area contributed by atoms with Crippen LogP contribution in [0.4, 0.5) is 0 Å². The summed E-state index contributed by atoms with van der Waals surface area (Å²) in [5.41, 5.74) is 2.60. The van der Waals surface area contributed by atoms with Crippen molar-refractivity contribution in [1.82, 2.24) is 18.2 Å². The predicted octanol–water partition coefficient (Wildman–Crippen LogP) is 1.58. The Bertz CT molecular complexity index is 1080. The second-order valence-electron chi connectivity index (χ2n) is 9.64. The SMILES string of the molecule is CCNS(=O)(=O)N(C)CCCS(=O)(=O)N1CCC[C@H]2CN3CCc4cc(OC)ccc4[C@@H]3C[C@H]21. The first-order valence-corrected chi connectivity index (χ1v) is 15.3. The summed E-state index contributed by atoms with van der Waals surface area (Å²) in [7, 11) is -3.88. The van der Waals surface area contributed by atoms with Crippen LogP contribution in [0.25, 0.3) is 0 Å². The second kappa shape index (κ2) is 10.4. The zero-order valence-corrected chi connectivity index (χ0v) is 22.1. The number of methoxy groups -OCH3 is 1. The Hall–Kier alpha value is -1.24. The summed E-state index contributed by atoms with van der Waals surface area (Å²) in [4.78, 5) is 2.53. The third-order valence-electron chi connectivity index (χ3n) is 7.59. The molecule has 3 heterocycles. The fourth-order valence-electron chi connectivity index (χ4n) is 5.86. The summed E-state index contributed by atoms with van der Waals surface area (Å²) in [6.45, 7) is 4.66. The third kappa shape index (κ3) is 5.29. The minimum absolute atomic E-state index is 0.00345. The Balaban J connectivity index is 1.46. The molecular formula is C23H38N4O5S2. The first-order chi connectivity index (χ1) is 16.2. The van der Waals surface area contributed by atoms with Crippen LogP contribution in [0.3, 0.4) is 0 Å². The smallest absolute Gasteiger partial charge is 0.279 e. The monoisotopic (exact) mass is 514 g/mol. The first kappa shape index (κ1) is 25.8. The molecular weight excluding hydrogens is 476 g/mol. The lowest BCUT2D eigenvalue weighted by Crippen LogP contribution is -2.57. The number of piperidine rings is 2. The van der Waals surface area contributed by atoms with Gasteiger partial charge in [0.2, 0.25) is 10.0 Å². The van der Waals surface area contributed by atoms with Gasteiger partial charge in [-0.2, -0.15) is 17.0 Å². The highest BCUT2D eigenvalue weighted by Gasteiger charge is 2.45. The van der Waals surface area contributed by atoms with E-state index in [1.807, 2.05) is 6.07 Å². The highest BCUT2D eigenvalue weighted by Crippen LogP contribution is 2.44. The largest absolute Gasteiger partial charge is 0.497 e. The van der Waals surface area contributed by atoms with Crippen molar-refractivity contribution in [3.05, 3.63) is 29.3 Å². The third-order valence-corrected chi connectivity index (χ3v) is 11.2. The van der Waals surface area contributed by atoms with Crippen LogP contribution in [0, 0.1) is 5.92 Å². The van der Waals surface area contributed by atoms with Crippen molar-refractivity contribution in [2.45, 2.75) is 51.1 Å². The molecule has 1 N–H and O–H groups in total. The van der Waals surface area contributed by atoms with E-state index in [4.69, 9.17) is 4.74 Å². The molecule has 0 aromatic heterocycles. The van der Waals surface area contributed by atoms with Gasteiger partial charge < -0.3 is 4.74 Å². The van der Waals surface area contributed by atoms with Crippen LogP contribution < -0.4 is 9.46 Å². The van der Waals surface area contributed by atoms with Gasteiger partial charge in [-0.15, -0.1) is 0 Å². The Morgan fingerprint density at radius 2 is 2.00 bits per heavy atom. The second-order valence-corrected chi connectivity index (χ2v) is 13.5. The van der Waals surface area contributed by atoms with Gasteiger partial charge >= 0.3 is 0 Å². The van der Waals surface area contributed by atoms with Crippen LogP contribution in [-0.2, 0) is 26.7 Å². The molecule has 0 radical (unpaired) electrons. The van der Waals surface area contributed by atoms with Crippen LogP contribution in [0.2, 0.25) is 0 Å². The molecule has 0 saturated carbocycles. The lowest BCUT2D eigenvalue weighted by Gasteiger charge is -2.51. The molecule has 0 unspecified atom stereocenters. The lowest BCUT2D eigenvalue weighted by atomic mass is 9.77. The van der Waals surface area contributed by atoms with E-state index in [-0.39, 0.29) is 30.8 Å². The number of benzene rings is 1. The maximum Gasteiger partial charge on any atom is 0.279 e. The number of ether oxygens (including phenoxy) is 1. The van der Waals surface area contributed by atoms with Gasteiger partial charge in [-0.1, -0.05) is 13.0 Å². The van der Waals surface area contributed by atoms with Crippen LogP contribution in [0.1, 0.15) is 49.8 Å². The Morgan fingerprint density at radius 1 is 1.21 bits per heavy atom. The normalized spacial score (nSPS) is 26.1. The highest BCUT2D eigenvalue weighted by molar-refractivity contribution is 7.89. The van der Waals surface area contributed by atoms with Gasteiger partial charge in [0.25, 0.3) is 10.2 Å². The molecule has 2 fully saturated rings. The van der Waals surface area contributed by atoms with Gasteiger partial charge in [-0.3, -0.25) is 4.90 Å². The molecule has 3 aliphatic heterocycles. The van der Waals surface area contributed by atoms with Gasteiger partial charge in [0.1, 0.15) is 5.75 Å². The van der Waals surface area contributed by atoms with Crippen LogP contribution in [-0.4, -0.2) is 89.0 Å². The number of fused-ring (bicyclic) bond motifs is 4. The first-order valence-electron chi connectivity index (χ1n) is 12.3. The van der Waals surface area contributed by atoms with Crippen LogP contribution in [0.5, 0.6) is 5.75 Å². The molecule has 1 aromatic rings. The predicted molar refractivity (Wildman–Crippen MR) is 132 cm³/mol. The van der Waals surface area contributed by atoms with Crippen molar-refractivity contribution >= 4 is 20.2 Å². The molecule has 0 spiro atoms. The van der Waals surface area contributed by atoms with Crippen LogP contribution in [0.15, 0.2) is 18.2 Å². The van der Waals surface area contributed by atoms with Gasteiger partial charge in [-0.05, 0) is 61.3 Å². The lowest BCUT2D eigenvalue weighted by molar-refractivity contribution is 0.0219. The summed E-state index contributed by atoms with van der Waals surface area (Å²) in [6.07, 6.45) is 4.00. The molecule has 0 amide bonds. The standard InChI is InChI=1S/C23H38N4O5S2/c1-4-24-34(30,31)25(2)11-6-14-33(28,29)27-12-5-7-19-17-26-13-10-18-15-20(32-3)8-9-21(18)23(26)16-22(19)27/h8-9,15,19,22-24H,4-7,10-14,16-17H2,1-3H3/t19-,22+,23-/m0/s1. The van der Waals surface area contributed by atoms with Crippen molar-refractivity contribution in [1.29, 1.82) is 0 Å². The van der Waals surface area contributed by atoms with Crippen molar-refractivity contribution in [2.75, 3.05) is 52.6 Å². The summed E-state index contributed by atoms with van der Waals surface area (Å²) in [6, 6.07) is 6.49. The van der Waals surface area contributed by atoms with Gasteiger partial charge in [0, 0.05) is 51.9 Å². The number of nitrogens with zero attached hydrogens (tertiary/aromatic N) is 3. The Morgan fingerprint density at radius 3 is 2.74 bits per heavy atom.